The molecule has 0 spiro atoms. The van der Waals surface area contributed by atoms with Crippen molar-refractivity contribution in [1.82, 2.24) is 62.5 Å². The van der Waals surface area contributed by atoms with Gasteiger partial charge >= 0.3 is 0 Å². The SMILES string of the molecule is CCC(NC(=O)C(C)NC)C(=O)N1CC(NC(=O)c2cc(C(=O)NC3CC(C(=O)NC(C)c4ccccc4)N(C(=O)C(NC(=O)C(C)NC)C(C)C)C3)[nH]n2)CC1C(=O)NC(C)c1ccccc1. The molecule has 2 aromatic carbocycles. The standard InChI is InChI=1S/C48H68N12O8/c1-10-35(55-41(61)29(6)49-8)47(67)59-24-33(21-38(59)45(65)51-27(4)31-17-13-11-14-18-31)53-43(63)36-23-37(58-57-36)44(64)54-34-22-39(46(66)52-28(5)32-19-15-12-16-20-32)60(25-34)48(68)40(26(2)3)56-42(62)30(7)50-9/h11-20,23,26-30,33-35,38-40,49-50H,10,21-22,24-25H2,1-9H3,(H,51,65)(H,52,66)(H,53,63)(H,54,64)(H,55,61)(H,56,62)(H,57,58). The number of nitrogens with one attached hydrogen (secondary N) is 9. The fourth-order valence-electron chi connectivity index (χ4n) is 8.28. The first-order valence-corrected chi connectivity index (χ1v) is 23.3. The molecule has 0 radical (unpaired) electrons. The maximum atomic E-state index is 14.2. The van der Waals surface area contributed by atoms with E-state index in [4.69, 9.17) is 0 Å². The van der Waals surface area contributed by atoms with Crippen LogP contribution in [0.15, 0.2) is 66.7 Å². The summed E-state index contributed by atoms with van der Waals surface area (Å²) in [6.45, 7) is 12.2. The lowest BCUT2D eigenvalue weighted by Crippen LogP contribution is -2.57. The van der Waals surface area contributed by atoms with Crippen molar-refractivity contribution < 1.29 is 38.4 Å². The van der Waals surface area contributed by atoms with Crippen LogP contribution in [0.5, 0.6) is 0 Å². The second kappa shape index (κ2) is 23.9. The van der Waals surface area contributed by atoms with Crippen LogP contribution in [0, 0.1) is 5.92 Å². The highest BCUT2D eigenvalue weighted by molar-refractivity contribution is 5.99. The molecular weight excluding hydrogens is 873 g/mol. The van der Waals surface area contributed by atoms with Gasteiger partial charge in [0.2, 0.25) is 35.4 Å². The third-order valence-electron chi connectivity index (χ3n) is 12.7. The minimum absolute atomic E-state index is 0.0419. The Hall–Kier alpha value is -6.67. The molecule has 3 heterocycles. The van der Waals surface area contributed by atoms with Crippen LogP contribution >= 0.6 is 0 Å². The average molecular weight is 941 g/mol. The smallest absolute Gasteiger partial charge is 0.272 e. The number of benzene rings is 2. The van der Waals surface area contributed by atoms with E-state index in [2.05, 4.69) is 52.7 Å². The molecule has 0 aliphatic carbocycles. The number of hydrogen-bond donors (Lipinski definition) is 9. The van der Waals surface area contributed by atoms with Gasteiger partial charge in [-0.1, -0.05) is 81.4 Å². The summed E-state index contributed by atoms with van der Waals surface area (Å²) < 4.78 is 0. The molecule has 20 heteroatoms. The van der Waals surface area contributed by atoms with Crippen molar-refractivity contribution in [2.24, 2.45) is 5.92 Å². The Bertz CT molecular complexity index is 2260. The quantitative estimate of drug-likeness (QED) is 0.0766. The summed E-state index contributed by atoms with van der Waals surface area (Å²) >= 11 is 0. The van der Waals surface area contributed by atoms with E-state index in [-0.39, 0.29) is 61.5 Å². The first-order chi connectivity index (χ1) is 32.4. The van der Waals surface area contributed by atoms with Gasteiger partial charge < -0.3 is 52.3 Å². The fourth-order valence-corrected chi connectivity index (χ4v) is 8.28. The molecule has 9 N–H and O–H groups in total. The van der Waals surface area contributed by atoms with Crippen molar-refractivity contribution in [3.8, 4) is 0 Å². The number of rotatable bonds is 20. The van der Waals surface area contributed by atoms with E-state index in [0.717, 1.165) is 11.1 Å². The topological polar surface area (TPSA) is 268 Å². The van der Waals surface area contributed by atoms with Crippen LogP contribution in [-0.2, 0) is 28.8 Å². The summed E-state index contributed by atoms with van der Waals surface area (Å²) in [5, 5.41) is 29.7. The Balaban J connectivity index is 1.29. The zero-order chi connectivity index (χ0) is 49.8. The molecule has 10 unspecified atom stereocenters. The van der Waals surface area contributed by atoms with E-state index in [1.807, 2.05) is 74.5 Å². The van der Waals surface area contributed by atoms with Crippen LogP contribution in [0.2, 0.25) is 0 Å². The van der Waals surface area contributed by atoms with Gasteiger partial charge in [0, 0.05) is 31.2 Å². The third-order valence-corrected chi connectivity index (χ3v) is 12.7. The van der Waals surface area contributed by atoms with E-state index in [9.17, 15) is 38.4 Å². The second-order valence-corrected chi connectivity index (χ2v) is 18.0. The number of carbonyl (C=O) groups is 8. The number of likely N-dealkylation sites (N-methyl/N-ethyl adjacent to an activating group) is 2. The van der Waals surface area contributed by atoms with Crippen molar-refractivity contribution >= 4 is 47.3 Å². The van der Waals surface area contributed by atoms with Gasteiger partial charge in [0.1, 0.15) is 29.9 Å². The summed E-state index contributed by atoms with van der Waals surface area (Å²) in [6, 6.07) is 12.7. The summed E-state index contributed by atoms with van der Waals surface area (Å²) in [6.07, 6.45) is 0.376. The van der Waals surface area contributed by atoms with Crippen molar-refractivity contribution in [1.29, 1.82) is 0 Å². The van der Waals surface area contributed by atoms with Gasteiger partial charge in [-0.2, -0.15) is 5.10 Å². The number of amides is 8. The highest BCUT2D eigenvalue weighted by Gasteiger charge is 2.45. The summed E-state index contributed by atoms with van der Waals surface area (Å²) in [4.78, 5) is 112. The molecule has 3 aromatic rings. The maximum absolute atomic E-state index is 14.2. The van der Waals surface area contributed by atoms with Crippen LogP contribution in [0.4, 0.5) is 0 Å². The Morgan fingerprint density at radius 1 is 0.632 bits per heavy atom. The number of hydrogen-bond acceptors (Lipinski definition) is 11. The predicted molar refractivity (Wildman–Crippen MR) is 253 cm³/mol. The molecule has 5 rings (SSSR count). The summed E-state index contributed by atoms with van der Waals surface area (Å²) in [5.74, 6) is -4.23. The Morgan fingerprint density at radius 3 is 1.54 bits per heavy atom. The van der Waals surface area contributed by atoms with Crippen molar-refractivity contribution in [2.75, 3.05) is 27.2 Å². The van der Waals surface area contributed by atoms with E-state index in [1.54, 1.807) is 48.7 Å². The normalized spacial score (nSPS) is 20.6. The molecule has 0 bridgehead atoms. The van der Waals surface area contributed by atoms with Crippen LogP contribution < -0.4 is 42.5 Å². The largest absolute Gasteiger partial charge is 0.348 e. The zero-order valence-corrected chi connectivity index (χ0v) is 40.3. The molecule has 68 heavy (non-hydrogen) atoms. The van der Waals surface area contributed by atoms with E-state index >= 15 is 0 Å². The Labute approximate surface area is 397 Å². The van der Waals surface area contributed by atoms with E-state index in [1.165, 1.54) is 15.9 Å². The molecule has 2 aliphatic heterocycles. The molecule has 20 nitrogen and oxygen atoms in total. The highest BCUT2D eigenvalue weighted by atomic mass is 16.2. The lowest BCUT2D eigenvalue weighted by molar-refractivity contribution is -0.142. The summed E-state index contributed by atoms with van der Waals surface area (Å²) in [5.41, 5.74) is 1.51. The van der Waals surface area contributed by atoms with E-state index in [0.29, 0.717) is 0 Å². The van der Waals surface area contributed by atoms with Gasteiger partial charge in [-0.15, -0.1) is 0 Å². The van der Waals surface area contributed by atoms with Crippen LogP contribution in [-0.4, -0.2) is 143 Å². The first kappa shape index (κ1) is 52.3. The monoisotopic (exact) mass is 941 g/mol. The predicted octanol–water partition coefficient (Wildman–Crippen LogP) is 0.815. The minimum Gasteiger partial charge on any atom is -0.348 e. The molecule has 10 atom stereocenters. The molecule has 368 valence electrons. The second-order valence-electron chi connectivity index (χ2n) is 18.0. The van der Waals surface area contributed by atoms with Gasteiger partial charge in [0.15, 0.2) is 5.69 Å². The van der Waals surface area contributed by atoms with Gasteiger partial charge in [0.05, 0.1) is 24.2 Å². The molecule has 1 aromatic heterocycles. The molecular formula is C48H68N12O8. The third kappa shape index (κ3) is 13.1. The maximum Gasteiger partial charge on any atom is 0.272 e. The average Bonchev–Trinajstić information content (AvgIpc) is 4.11. The van der Waals surface area contributed by atoms with Crippen molar-refractivity contribution in [3.63, 3.8) is 0 Å². The molecule has 2 fully saturated rings. The Kier molecular flexibility index (Phi) is 18.4. The van der Waals surface area contributed by atoms with Crippen LogP contribution in [0.3, 0.4) is 0 Å². The molecule has 2 saturated heterocycles. The van der Waals surface area contributed by atoms with Crippen LogP contribution in [0.25, 0.3) is 0 Å². The number of H-pyrrole nitrogens is 1. The number of aromatic nitrogens is 2. The fraction of sp³-hybridized carbons (Fsp3) is 0.521. The molecule has 8 amide bonds. The minimum atomic E-state index is -0.993. The lowest BCUT2D eigenvalue weighted by atomic mass is 10.0. The van der Waals surface area contributed by atoms with Gasteiger partial charge in [-0.3, -0.25) is 43.5 Å². The van der Waals surface area contributed by atoms with Gasteiger partial charge in [0.25, 0.3) is 11.8 Å². The van der Waals surface area contributed by atoms with Crippen molar-refractivity contribution in [2.45, 2.75) is 128 Å². The number of carbonyl (C=O) groups excluding carboxylic acids is 8. The van der Waals surface area contributed by atoms with Crippen molar-refractivity contribution in [3.05, 3.63) is 89.2 Å². The van der Waals surface area contributed by atoms with Crippen LogP contribution in [0.1, 0.15) is 112 Å². The number of nitrogens with zero attached hydrogens (tertiary/aromatic N) is 3. The number of aromatic amines is 1. The zero-order valence-electron chi connectivity index (χ0n) is 40.3. The van der Waals surface area contributed by atoms with E-state index < -0.39 is 95.9 Å². The molecule has 0 saturated carbocycles. The molecule has 2 aliphatic rings. The van der Waals surface area contributed by atoms with Gasteiger partial charge in [-0.25, -0.2) is 0 Å². The highest BCUT2D eigenvalue weighted by Crippen LogP contribution is 2.25. The lowest BCUT2D eigenvalue weighted by Gasteiger charge is -2.31. The van der Waals surface area contributed by atoms with Gasteiger partial charge in [-0.05, 0) is 78.1 Å². The summed E-state index contributed by atoms with van der Waals surface area (Å²) in [7, 11) is 3.26. The number of likely N-dealkylation sites (tertiary alicyclic amines) is 2. The first-order valence-electron chi connectivity index (χ1n) is 23.3. The Morgan fingerprint density at radius 2 is 1.09 bits per heavy atom.